The minimum Gasteiger partial charge on any atom is -0.370 e. The molecule has 2 rings (SSSR count). The van der Waals surface area contributed by atoms with E-state index < -0.39 is 10.0 Å². The Morgan fingerprint density at radius 1 is 1.47 bits per heavy atom. The quantitative estimate of drug-likeness (QED) is 0.597. The lowest BCUT2D eigenvalue weighted by atomic mass is 10.2. The second-order valence-electron chi connectivity index (χ2n) is 4.30. The average Bonchev–Trinajstić information content (AvgIpc) is 2.82. The number of anilines is 1. The van der Waals surface area contributed by atoms with Crippen LogP contribution < -0.4 is 15.4 Å². The smallest absolute Gasteiger partial charge is 0.236 e. The number of fused-ring (bicyclic) bond motifs is 1. The highest BCUT2D eigenvalue weighted by Crippen LogP contribution is 2.29. The van der Waals surface area contributed by atoms with E-state index in [1.54, 1.807) is 7.05 Å². The van der Waals surface area contributed by atoms with Crippen molar-refractivity contribution >= 4 is 21.7 Å². The maximum atomic E-state index is 12.3. The predicted octanol–water partition coefficient (Wildman–Crippen LogP) is -0.0870. The normalized spacial score (nSPS) is 15.4. The van der Waals surface area contributed by atoms with E-state index in [0.29, 0.717) is 6.54 Å². The van der Waals surface area contributed by atoms with E-state index in [4.69, 9.17) is 5.73 Å². The number of rotatable bonds is 4. The molecule has 19 heavy (non-hydrogen) atoms. The van der Waals surface area contributed by atoms with E-state index in [9.17, 15) is 8.42 Å². The zero-order chi connectivity index (χ0) is 13.9. The first kappa shape index (κ1) is 13.7. The highest BCUT2D eigenvalue weighted by molar-refractivity contribution is 7.92. The zero-order valence-corrected chi connectivity index (χ0v) is 11.7. The summed E-state index contributed by atoms with van der Waals surface area (Å²) in [6, 6.07) is 7.58. The first-order chi connectivity index (χ1) is 9.04. The molecule has 1 aromatic rings. The largest absolute Gasteiger partial charge is 0.370 e. The number of nitrogens with zero attached hydrogens (tertiary/aromatic N) is 2. The summed E-state index contributed by atoms with van der Waals surface area (Å²) in [5, 5.41) is 2.76. The molecule has 1 aliphatic rings. The molecular formula is C12H18N4O2S. The number of aliphatic imine (C=N–C) groups is 1. The van der Waals surface area contributed by atoms with E-state index in [0.717, 1.165) is 17.7 Å². The molecule has 6 nitrogen and oxygen atoms in total. The van der Waals surface area contributed by atoms with Crippen molar-refractivity contribution in [3.63, 3.8) is 0 Å². The molecule has 0 spiro atoms. The van der Waals surface area contributed by atoms with E-state index in [1.165, 1.54) is 4.31 Å². The van der Waals surface area contributed by atoms with Gasteiger partial charge in [0.25, 0.3) is 0 Å². The third-order valence-corrected chi connectivity index (χ3v) is 4.86. The van der Waals surface area contributed by atoms with Crippen LogP contribution in [-0.4, -0.2) is 40.3 Å². The van der Waals surface area contributed by atoms with Gasteiger partial charge in [0.05, 0.1) is 11.4 Å². The summed E-state index contributed by atoms with van der Waals surface area (Å²) >= 11 is 0. The molecular weight excluding hydrogens is 264 g/mol. The van der Waals surface area contributed by atoms with Gasteiger partial charge >= 0.3 is 0 Å². The lowest BCUT2D eigenvalue weighted by molar-refractivity contribution is 0.591. The van der Waals surface area contributed by atoms with Crippen molar-refractivity contribution in [2.45, 2.75) is 6.42 Å². The molecule has 0 unspecified atom stereocenters. The summed E-state index contributed by atoms with van der Waals surface area (Å²) in [5.74, 6) is 0.245. The van der Waals surface area contributed by atoms with Crippen LogP contribution >= 0.6 is 0 Å². The number of nitrogens with two attached hydrogens (primary N) is 1. The first-order valence-electron chi connectivity index (χ1n) is 6.09. The highest BCUT2D eigenvalue weighted by atomic mass is 32.2. The Kier molecular flexibility index (Phi) is 3.94. The maximum absolute atomic E-state index is 12.3. The van der Waals surface area contributed by atoms with Gasteiger partial charge in [-0.3, -0.25) is 9.30 Å². The summed E-state index contributed by atoms with van der Waals surface area (Å²) in [6.45, 7) is 0.767. The number of guanidine groups is 1. The molecule has 0 amide bonds. The van der Waals surface area contributed by atoms with Crippen LogP contribution in [0.4, 0.5) is 5.69 Å². The summed E-state index contributed by atoms with van der Waals surface area (Å²) < 4.78 is 26.0. The molecule has 0 aromatic heterocycles. The standard InChI is InChI=1S/C12H18N4O2S/c1-14-12(13)15-7-9-19(17,18)16-8-6-10-4-2-3-5-11(10)16/h2-5H,6-9H2,1H3,(H3,13,14,15). The average molecular weight is 282 g/mol. The Bertz CT molecular complexity index is 583. The zero-order valence-electron chi connectivity index (χ0n) is 10.8. The van der Waals surface area contributed by atoms with Crippen LogP contribution in [0.2, 0.25) is 0 Å². The predicted molar refractivity (Wildman–Crippen MR) is 76.8 cm³/mol. The second kappa shape index (κ2) is 5.48. The van der Waals surface area contributed by atoms with Crippen LogP contribution in [0.1, 0.15) is 5.56 Å². The Morgan fingerprint density at radius 3 is 2.95 bits per heavy atom. The molecule has 7 heteroatoms. The van der Waals surface area contributed by atoms with Crippen LogP contribution in [0, 0.1) is 0 Å². The van der Waals surface area contributed by atoms with Crippen LogP contribution in [0.25, 0.3) is 0 Å². The molecule has 0 fully saturated rings. The Morgan fingerprint density at radius 2 is 2.21 bits per heavy atom. The van der Waals surface area contributed by atoms with E-state index in [-0.39, 0.29) is 18.3 Å². The van der Waals surface area contributed by atoms with Crippen molar-refractivity contribution in [3.05, 3.63) is 29.8 Å². The topological polar surface area (TPSA) is 87.8 Å². The number of para-hydroxylation sites is 1. The van der Waals surface area contributed by atoms with Crippen LogP contribution in [0.5, 0.6) is 0 Å². The molecule has 1 aromatic carbocycles. The van der Waals surface area contributed by atoms with Crippen molar-refractivity contribution in [2.24, 2.45) is 10.7 Å². The van der Waals surface area contributed by atoms with Gasteiger partial charge < -0.3 is 11.1 Å². The monoisotopic (exact) mass is 282 g/mol. The van der Waals surface area contributed by atoms with Gasteiger partial charge in [-0.25, -0.2) is 8.42 Å². The van der Waals surface area contributed by atoms with Crippen molar-refractivity contribution in [2.75, 3.05) is 30.2 Å². The molecule has 1 aliphatic heterocycles. The van der Waals surface area contributed by atoms with E-state index >= 15 is 0 Å². The lowest BCUT2D eigenvalue weighted by Crippen LogP contribution is -2.39. The van der Waals surface area contributed by atoms with Gasteiger partial charge in [0.15, 0.2) is 5.96 Å². The Hall–Kier alpha value is -1.76. The molecule has 3 N–H and O–H groups in total. The SMILES string of the molecule is CN=C(N)NCCS(=O)(=O)N1CCc2ccccc21. The minimum absolute atomic E-state index is 0.00243. The molecule has 0 radical (unpaired) electrons. The molecule has 0 atom stereocenters. The molecule has 0 bridgehead atoms. The fourth-order valence-corrected chi connectivity index (χ4v) is 3.52. The van der Waals surface area contributed by atoms with Crippen molar-refractivity contribution in [1.82, 2.24) is 5.32 Å². The van der Waals surface area contributed by atoms with Gasteiger partial charge in [0.2, 0.25) is 10.0 Å². The van der Waals surface area contributed by atoms with Gasteiger partial charge in [0.1, 0.15) is 0 Å². The van der Waals surface area contributed by atoms with Gasteiger partial charge in [-0.15, -0.1) is 0 Å². The third-order valence-electron chi connectivity index (χ3n) is 3.09. The summed E-state index contributed by atoms with van der Waals surface area (Å²) in [4.78, 5) is 3.72. The highest BCUT2D eigenvalue weighted by Gasteiger charge is 2.28. The van der Waals surface area contributed by atoms with Gasteiger partial charge in [0, 0.05) is 20.1 Å². The maximum Gasteiger partial charge on any atom is 0.236 e. The van der Waals surface area contributed by atoms with Crippen LogP contribution in [-0.2, 0) is 16.4 Å². The fourth-order valence-electron chi connectivity index (χ4n) is 2.09. The second-order valence-corrected chi connectivity index (χ2v) is 6.32. The number of nitrogens with one attached hydrogen (secondary N) is 1. The molecule has 0 saturated heterocycles. The first-order valence-corrected chi connectivity index (χ1v) is 7.70. The number of hydrogen-bond donors (Lipinski definition) is 2. The van der Waals surface area contributed by atoms with Gasteiger partial charge in [-0.1, -0.05) is 18.2 Å². The number of sulfonamides is 1. The summed E-state index contributed by atoms with van der Waals surface area (Å²) in [6.07, 6.45) is 0.765. The minimum atomic E-state index is -3.32. The van der Waals surface area contributed by atoms with Crippen molar-refractivity contribution in [3.8, 4) is 0 Å². The Labute approximate surface area is 113 Å². The Balaban J connectivity index is 2.06. The lowest BCUT2D eigenvalue weighted by Gasteiger charge is -2.19. The number of hydrogen-bond acceptors (Lipinski definition) is 3. The van der Waals surface area contributed by atoms with E-state index in [1.807, 2.05) is 24.3 Å². The van der Waals surface area contributed by atoms with Crippen LogP contribution in [0.3, 0.4) is 0 Å². The van der Waals surface area contributed by atoms with Crippen molar-refractivity contribution < 1.29 is 8.42 Å². The van der Waals surface area contributed by atoms with Gasteiger partial charge in [-0.2, -0.15) is 0 Å². The third kappa shape index (κ3) is 2.98. The summed E-state index contributed by atoms with van der Waals surface area (Å²) in [7, 11) is -1.77. The van der Waals surface area contributed by atoms with Gasteiger partial charge in [-0.05, 0) is 18.1 Å². The molecule has 0 saturated carbocycles. The fraction of sp³-hybridized carbons (Fsp3) is 0.417. The molecule has 0 aliphatic carbocycles. The van der Waals surface area contributed by atoms with E-state index in [2.05, 4.69) is 10.3 Å². The van der Waals surface area contributed by atoms with Crippen LogP contribution in [0.15, 0.2) is 29.3 Å². The van der Waals surface area contributed by atoms with Crippen molar-refractivity contribution in [1.29, 1.82) is 0 Å². The molecule has 1 heterocycles. The number of benzene rings is 1. The molecule has 104 valence electrons. The summed E-state index contributed by atoms with van der Waals surface area (Å²) in [5.41, 5.74) is 7.33.